The minimum atomic E-state index is -3.16. The number of likely N-dealkylation sites (tertiary alicyclic amines) is 1. The van der Waals surface area contributed by atoms with Crippen LogP contribution in [0.1, 0.15) is 12.5 Å². The van der Waals surface area contributed by atoms with Crippen LogP contribution in [0.3, 0.4) is 0 Å². The SMILES string of the molecule is COC1C(=O)N(C(C(=O)OCc2ccc([N+](=O)[O-])cc2)=P(c2ccccc2)(c2ccccc2)c2ccccc2)C1SC(C)=O. The fourth-order valence-electron chi connectivity index (χ4n) is 5.26. The summed E-state index contributed by atoms with van der Waals surface area (Å²) in [5.74, 6) is -1.20. The van der Waals surface area contributed by atoms with Gasteiger partial charge in [0.1, 0.15) is 17.4 Å². The number of hydrogen-bond acceptors (Lipinski definition) is 8. The highest BCUT2D eigenvalue weighted by molar-refractivity contribution is 8.14. The van der Waals surface area contributed by atoms with Crippen LogP contribution in [-0.2, 0) is 30.5 Å². The third-order valence-corrected chi connectivity index (χ3v) is 12.5. The molecule has 0 N–H and O–H groups in total. The Labute approximate surface area is 258 Å². The quantitative estimate of drug-likeness (QED) is 0.0843. The number of nitro groups is 1. The minimum absolute atomic E-state index is 0.0876. The molecule has 44 heavy (non-hydrogen) atoms. The van der Waals surface area contributed by atoms with Gasteiger partial charge in [0.2, 0.25) is 0 Å². The van der Waals surface area contributed by atoms with Crippen molar-refractivity contribution in [2.75, 3.05) is 7.11 Å². The Balaban J connectivity index is 1.81. The van der Waals surface area contributed by atoms with Crippen LogP contribution >= 0.6 is 18.6 Å². The van der Waals surface area contributed by atoms with E-state index in [1.165, 1.54) is 43.2 Å². The van der Waals surface area contributed by atoms with Crippen LogP contribution in [0.5, 0.6) is 0 Å². The lowest BCUT2D eigenvalue weighted by molar-refractivity contribution is -0.384. The number of ether oxygens (including phenoxy) is 2. The van der Waals surface area contributed by atoms with Crippen molar-refractivity contribution in [1.82, 2.24) is 4.90 Å². The van der Waals surface area contributed by atoms with Crippen LogP contribution in [0.25, 0.3) is 0 Å². The Bertz CT molecular complexity index is 1630. The van der Waals surface area contributed by atoms with Gasteiger partial charge in [-0.1, -0.05) is 103 Å². The average Bonchev–Trinajstić information content (AvgIpc) is 3.05. The molecule has 0 radical (unpaired) electrons. The molecule has 5 rings (SSSR count). The van der Waals surface area contributed by atoms with Crippen molar-refractivity contribution in [3.05, 3.63) is 131 Å². The summed E-state index contributed by atoms with van der Waals surface area (Å²) in [4.78, 5) is 52.8. The molecule has 0 spiro atoms. The number of nitro benzene ring substituents is 1. The van der Waals surface area contributed by atoms with E-state index < -0.39 is 35.2 Å². The van der Waals surface area contributed by atoms with Gasteiger partial charge < -0.3 is 9.47 Å². The van der Waals surface area contributed by atoms with Crippen LogP contribution in [-0.4, -0.2) is 50.8 Å². The molecule has 0 aromatic heterocycles. The molecule has 1 heterocycles. The number of amides is 1. The first-order valence-electron chi connectivity index (χ1n) is 13.7. The molecule has 1 aliphatic rings. The second-order valence-corrected chi connectivity index (χ2v) is 14.5. The lowest BCUT2D eigenvalue weighted by atomic mass is 10.1. The number of carbonyl (C=O) groups is 3. The molecule has 0 aliphatic carbocycles. The zero-order chi connectivity index (χ0) is 31.3. The molecule has 1 aliphatic heterocycles. The zero-order valence-electron chi connectivity index (χ0n) is 23.9. The number of rotatable bonds is 10. The molecule has 1 fully saturated rings. The lowest BCUT2D eigenvalue weighted by Crippen LogP contribution is -2.68. The second kappa shape index (κ2) is 13.4. The third-order valence-electron chi connectivity index (χ3n) is 7.21. The molecule has 9 nitrogen and oxygen atoms in total. The van der Waals surface area contributed by atoms with Crippen LogP contribution in [0.4, 0.5) is 5.69 Å². The number of hydrogen-bond donors (Lipinski definition) is 0. The van der Waals surface area contributed by atoms with Gasteiger partial charge in [0, 0.05) is 33.1 Å². The van der Waals surface area contributed by atoms with Gasteiger partial charge in [-0.15, -0.1) is 0 Å². The van der Waals surface area contributed by atoms with Crippen LogP contribution in [0.15, 0.2) is 115 Å². The number of nitrogens with zero attached hydrogens (tertiary/aromatic N) is 2. The number of esters is 1. The maximum Gasteiger partial charge on any atom is 0.356 e. The third kappa shape index (κ3) is 5.84. The predicted molar refractivity (Wildman–Crippen MR) is 173 cm³/mol. The van der Waals surface area contributed by atoms with E-state index in [0.717, 1.165) is 27.7 Å². The van der Waals surface area contributed by atoms with Crippen LogP contribution in [0, 0.1) is 10.1 Å². The maximum absolute atomic E-state index is 14.6. The zero-order valence-corrected chi connectivity index (χ0v) is 25.7. The summed E-state index contributed by atoms with van der Waals surface area (Å²) in [6.07, 6.45) is -0.939. The van der Waals surface area contributed by atoms with Gasteiger partial charge >= 0.3 is 5.97 Å². The van der Waals surface area contributed by atoms with Gasteiger partial charge in [-0.2, -0.15) is 0 Å². The van der Waals surface area contributed by atoms with E-state index in [1.807, 2.05) is 91.0 Å². The summed E-state index contributed by atoms with van der Waals surface area (Å²) in [5, 5.41) is 12.5. The number of β-lactam (4-membered cyclic amide) rings is 1. The van der Waals surface area contributed by atoms with Crippen molar-refractivity contribution in [3.8, 4) is 0 Å². The first-order chi connectivity index (χ1) is 21.3. The van der Waals surface area contributed by atoms with Crippen molar-refractivity contribution in [3.63, 3.8) is 0 Å². The Morgan fingerprint density at radius 2 is 1.32 bits per heavy atom. The molecule has 224 valence electrons. The monoisotopic (exact) mass is 628 g/mol. The number of methoxy groups -OCH3 is 1. The molecule has 0 saturated carbocycles. The summed E-state index contributed by atoms with van der Waals surface area (Å²) in [7, 11) is 1.40. The Kier molecular flexibility index (Phi) is 9.44. The molecule has 2 unspecified atom stereocenters. The molecular formula is C33H29N2O7PS. The summed E-state index contributed by atoms with van der Waals surface area (Å²) in [5.41, 5.74) is 0.557. The van der Waals surface area contributed by atoms with E-state index in [-0.39, 0.29) is 22.8 Å². The number of benzene rings is 4. The maximum atomic E-state index is 14.6. The van der Waals surface area contributed by atoms with Gasteiger partial charge in [-0.25, -0.2) is 4.79 Å². The van der Waals surface area contributed by atoms with E-state index in [0.29, 0.717) is 5.56 Å². The van der Waals surface area contributed by atoms with Crippen LogP contribution < -0.4 is 15.9 Å². The van der Waals surface area contributed by atoms with Gasteiger partial charge in [0.15, 0.2) is 11.2 Å². The molecule has 4 aromatic rings. The van der Waals surface area contributed by atoms with Crippen molar-refractivity contribution < 1.29 is 28.8 Å². The summed E-state index contributed by atoms with van der Waals surface area (Å²) < 4.78 is 11.4. The Morgan fingerprint density at radius 1 is 0.841 bits per heavy atom. The molecule has 1 saturated heterocycles. The van der Waals surface area contributed by atoms with Gasteiger partial charge in [0.05, 0.1) is 4.92 Å². The van der Waals surface area contributed by atoms with Crippen LogP contribution in [0.2, 0.25) is 0 Å². The van der Waals surface area contributed by atoms with E-state index in [9.17, 15) is 24.5 Å². The lowest BCUT2D eigenvalue weighted by Gasteiger charge is -2.48. The van der Waals surface area contributed by atoms with Crippen molar-refractivity contribution in [1.29, 1.82) is 0 Å². The molecule has 11 heteroatoms. The van der Waals surface area contributed by atoms with E-state index >= 15 is 0 Å². The summed E-state index contributed by atoms with van der Waals surface area (Å²) >= 11 is 0.918. The normalized spacial score (nSPS) is 16.1. The van der Waals surface area contributed by atoms with E-state index in [4.69, 9.17) is 9.47 Å². The molecule has 1 amide bonds. The highest BCUT2D eigenvalue weighted by atomic mass is 32.2. The van der Waals surface area contributed by atoms with Gasteiger partial charge in [-0.05, 0) is 33.6 Å². The predicted octanol–water partition coefficient (Wildman–Crippen LogP) is 4.23. The number of thioether (sulfide) groups is 1. The Morgan fingerprint density at radius 3 is 1.73 bits per heavy atom. The minimum Gasteiger partial charge on any atom is -0.456 e. The van der Waals surface area contributed by atoms with E-state index in [1.54, 1.807) is 0 Å². The molecular weight excluding hydrogens is 599 g/mol. The van der Waals surface area contributed by atoms with E-state index in [2.05, 4.69) is 0 Å². The smallest absolute Gasteiger partial charge is 0.356 e. The number of non-ortho nitro benzene ring substituents is 1. The first kappa shape index (κ1) is 30.9. The fraction of sp³-hybridized carbons (Fsp3) is 0.152. The van der Waals surface area contributed by atoms with Crippen molar-refractivity contribution in [2.45, 2.75) is 25.0 Å². The fourth-order valence-corrected chi connectivity index (χ4v) is 10.7. The van der Waals surface area contributed by atoms with Gasteiger partial charge in [-0.3, -0.25) is 24.6 Å². The summed E-state index contributed by atoms with van der Waals surface area (Å²) in [6, 6.07) is 34.2. The highest BCUT2D eigenvalue weighted by Crippen LogP contribution is 2.50. The average molecular weight is 629 g/mol. The topological polar surface area (TPSA) is 116 Å². The second-order valence-electron chi connectivity index (χ2n) is 9.87. The Hall–Kier alpha value is -4.50. The molecule has 4 aromatic carbocycles. The summed E-state index contributed by atoms with van der Waals surface area (Å²) in [6.45, 7) is -1.95. The standard InChI is InChI=1S/C33H29N2O7PS/c1-23(36)44-32-29(41-2)30(37)34(32)31(33(38)42-22-24-18-20-25(21-19-24)35(39)40)43(26-12-6-3-7-13-26,27-14-8-4-9-15-27)28-16-10-5-11-17-28/h3-21,29,32H,22H2,1-2H3. The first-order valence-corrected chi connectivity index (χ1v) is 16.3. The van der Waals surface area contributed by atoms with Gasteiger partial charge in [0.25, 0.3) is 11.6 Å². The largest absolute Gasteiger partial charge is 0.456 e. The molecule has 0 bridgehead atoms. The van der Waals surface area contributed by atoms with Crippen molar-refractivity contribution in [2.24, 2.45) is 0 Å². The number of carbonyl (C=O) groups excluding carboxylic acids is 3. The van der Waals surface area contributed by atoms with Crippen molar-refractivity contribution >= 4 is 62.7 Å². The highest BCUT2D eigenvalue weighted by Gasteiger charge is 2.55. The molecule has 2 atom stereocenters.